The van der Waals surface area contributed by atoms with Gasteiger partial charge in [-0.05, 0) is 47.7 Å². The van der Waals surface area contributed by atoms with Gasteiger partial charge >= 0.3 is 0 Å². The Morgan fingerprint density at radius 2 is 1.76 bits per heavy atom. The average molecular weight is 500 g/mol. The Labute approximate surface area is 209 Å². The summed E-state index contributed by atoms with van der Waals surface area (Å²) in [7, 11) is 1.63. The minimum absolute atomic E-state index is 0.0648. The van der Waals surface area contributed by atoms with Crippen molar-refractivity contribution in [2.45, 2.75) is 19.8 Å². The molecule has 1 atom stereocenters. The number of halogens is 2. The maximum atomic E-state index is 12.2. The predicted octanol–water partition coefficient (Wildman–Crippen LogP) is 5.28. The molecule has 9 heteroatoms. The number of carbonyl (C=O) groups is 1. The van der Waals surface area contributed by atoms with E-state index in [0.29, 0.717) is 41.1 Å². The van der Waals surface area contributed by atoms with Crippen molar-refractivity contribution in [2.24, 2.45) is 5.92 Å². The molecular weight excluding hydrogens is 473 g/mol. The van der Waals surface area contributed by atoms with Crippen molar-refractivity contribution in [3.05, 3.63) is 70.5 Å². The third-order valence-electron chi connectivity index (χ3n) is 5.13. The highest BCUT2D eigenvalue weighted by molar-refractivity contribution is 6.42. The first kappa shape index (κ1) is 25.5. The molecule has 7 nitrogen and oxygen atoms in total. The zero-order valence-electron chi connectivity index (χ0n) is 19.1. The van der Waals surface area contributed by atoms with Crippen molar-refractivity contribution in [3.63, 3.8) is 0 Å². The number of carbonyl (C=O) groups excluding carboxylic acids is 1. The first-order valence-electron chi connectivity index (χ1n) is 10.8. The van der Waals surface area contributed by atoms with Crippen LogP contribution in [0.25, 0.3) is 11.1 Å². The third-order valence-corrected chi connectivity index (χ3v) is 5.87. The number of aromatic nitrogens is 2. The van der Waals surface area contributed by atoms with E-state index in [2.05, 4.69) is 20.6 Å². The molecule has 0 aliphatic heterocycles. The molecule has 178 valence electrons. The Balaban J connectivity index is 1.38. The van der Waals surface area contributed by atoms with E-state index in [1.165, 1.54) is 0 Å². The van der Waals surface area contributed by atoms with Crippen molar-refractivity contribution in [1.29, 1.82) is 5.41 Å². The lowest BCUT2D eigenvalue weighted by atomic mass is 9.99. The zero-order valence-corrected chi connectivity index (χ0v) is 20.6. The second-order valence-electron chi connectivity index (χ2n) is 8.02. The van der Waals surface area contributed by atoms with Gasteiger partial charge in [-0.3, -0.25) is 4.79 Å². The second-order valence-corrected chi connectivity index (χ2v) is 8.83. The van der Waals surface area contributed by atoms with Crippen LogP contribution in [0.15, 0.2) is 54.9 Å². The van der Waals surface area contributed by atoms with Crippen LogP contribution < -0.4 is 15.4 Å². The van der Waals surface area contributed by atoms with Crippen molar-refractivity contribution in [2.75, 3.05) is 25.5 Å². The first-order chi connectivity index (χ1) is 16.3. The molecule has 2 aromatic carbocycles. The van der Waals surface area contributed by atoms with Gasteiger partial charge in [-0.2, -0.15) is 0 Å². The summed E-state index contributed by atoms with van der Waals surface area (Å²) in [4.78, 5) is 20.7. The van der Waals surface area contributed by atoms with E-state index in [1.54, 1.807) is 31.6 Å². The van der Waals surface area contributed by atoms with Crippen molar-refractivity contribution >= 4 is 40.8 Å². The summed E-state index contributed by atoms with van der Waals surface area (Å²) in [5, 5.41) is 15.0. The fourth-order valence-corrected chi connectivity index (χ4v) is 3.64. The Morgan fingerprint density at radius 1 is 1.06 bits per heavy atom. The van der Waals surface area contributed by atoms with Crippen molar-refractivity contribution in [3.8, 4) is 16.9 Å². The molecule has 0 aliphatic carbocycles. The second kappa shape index (κ2) is 12.3. The minimum atomic E-state index is -0.161. The zero-order chi connectivity index (χ0) is 24.5. The monoisotopic (exact) mass is 499 g/mol. The molecule has 0 saturated carbocycles. The highest BCUT2D eigenvalue weighted by atomic mass is 35.5. The molecule has 0 saturated heterocycles. The highest BCUT2D eigenvalue weighted by Gasteiger charge is 2.11. The van der Waals surface area contributed by atoms with Gasteiger partial charge in [0.05, 0.1) is 23.7 Å². The van der Waals surface area contributed by atoms with Gasteiger partial charge in [0.1, 0.15) is 5.75 Å². The van der Waals surface area contributed by atoms with Crippen LogP contribution in [-0.2, 0) is 11.2 Å². The Morgan fingerprint density at radius 3 is 2.41 bits per heavy atom. The Kier molecular flexibility index (Phi) is 9.24. The van der Waals surface area contributed by atoms with E-state index in [0.717, 1.165) is 22.4 Å². The van der Waals surface area contributed by atoms with E-state index in [1.807, 2.05) is 37.3 Å². The lowest BCUT2D eigenvalue weighted by Gasteiger charge is -2.14. The fourth-order valence-electron chi connectivity index (χ4n) is 3.32. The maximum absolute atomic E-state index is 12.2. The largest absolute Gasteiger partial charge is 0.497 e. The predicted molar refractivity (Wildman–Crippen MR) is 137 cm³/mol. The number of hydrogen-bond acceptors (Lipinski definition) is 6. The van der Waals surface area contributed by atoms with E-state index >= 15 is 0 Å². The molecule has 3 N–H and O–H groups in total. The smallest absolute Gasteiger partial charge is 0.239 e. The van der Waals surface area contributed by atoms with E-state index in [4.69, 9.17) is 33.3 Å². The molecule has 1 unspecified atom stereocenters. The molecule has 0 aliphatic rings. The molecule has 1 amide bonds. The Hall–Kier alpha value is -3.16. The summed E-state index contributed by atoms with van der Waals surface area (Å²) in [6.07, 6.45) is 4.48. The highest BCUT2D eigenvalue weighted by Crippen LogP contribution is 2.23. The molecule has 0 fully saturated rings. The lowest BCUT2D eigenvalue weighted by molar-refractivity contribution is -0.119. The van der Waals surface area contributed by atoms with Gasteiger partial charge in [0.2, 0.25) is 11.9 Å². The van der Waals surface area contributed by atoms with Crippen LogP contribution in [0.4, 0.5) is 5.95 Å². The van der Waals surface area contributed by atoms with Crippen molar-refractivity contribution in [1.82, 2.24) is 15.3 Å². The number of benzene rings is 2. The quantitative estimate of drug-likeness (QED) is 0.311. The van der Waals surface area contributed by atoms with Crippen LogP contribution in [0.2, 0.25) is 10.0 Å². The van der Waals surface area contributed by atoms with E-state index in [9.17, 15) is 4.79 Å². The van der Waals surface area contributed by atoms with Crippen LogP contribution in [0.5, 0.6) is 5.75 Å². The molecular formula is C25H27Cl2N5O2. The maximum Gasteiger partial charge on any atom is 0.239 e. The summed E-state index contributed by atoms with van der Waals surface area (Å²) in [5.41, 5.74) is 3.36. The number of hydrogen-bond donors (Lipinski definition) is 3. The molecule has 1 aromatic heterocycles. The van der Waals surface area contributed by atoms with E-state index < -0.39 is 0 Å². The molecule has 3 rings (SSSR count). The standard InChI is InChI=1S/C25H27Cl2N5O2/c1-16(9-20(28)10-17-3-8-22(26)23(27)11-17)12-29-24(33)15-32-25-30-13-19(14-31-25)18-4-6-21(34-2)7-5-18/h3-8,11,13-14,16,28H,9-10,12,15H2,1-2H3,(H,29,33)(H,30,31,32). The van der Waals surface area contributed by atoms with E-state index in [-0.39, 0.29) is 18.4 Å². The summed E-state index contributed by atoms with van der Waals surface area (Å²) >= 11 is 12.0. The van der Waals surface area contributed by atoms with Crippen molar-refractivity contribution < 1.29 is 9.53 Å². The normalized spacial score (nSPS) is 11.5. The van der Waals surface area contributed by atoms with Gasteiger partial charge in [-0.25, -0.2) is 9.97 Å². The van der Waals surface area contributed by atoms with Crippen LogP contribution in [-0.4, -0.2) is 41.8 Å². The summed E-state index contributed by atoms with van der Waals surface area (Å²) in [5.74, 6) is 1.13. The number of rotatable bonds is 11. The molecule has 34 heavy (non-hydrogen) atoms. The van der Waals surface area contributed by atoms with Crippen LogP contribution >= 0.6 is 23.2 Å². The number of ether oxygens (including phenoxy) is 1. The molecule has 3 aromatic rings. The average Bonchev–Trinajstić information content (AvgIpc) is 2.84. The fraction of sp³-hybridized carbons (Fsp3) is 0.280. The van der Waals surface area contributed by atoms with Crippen LogP contribution in [0.1, 0.15) is 18.9 Å². The summed E-state index contributed by atoms with van der Waals surface area (Å²) < 4.78 is 5.17. The van der Waals surface area contributed by atoms with Gasteiger partial charge in [0, 0.05) is 36.6 Å². The number of nitrogens with zero attached hydrogens (tertiary/aromatic N) is 2. The lowest BCUT2D eigenvalue weighted by Crippen LogP contribution is -2.34. The number of anilines is 1. The van der Waals surface area contributed by atoms with Crippen LogP contribution in [0, 0.1) is 11.3 Å². The number of methoxy groups -OCH3 is 1. The third kappa shape index (κ3) is 7.71. The summed E-state index contributed by atoms with van der Waals surface area (Å²) in [6, 6.07) is 13.0. The Bertz CT molecular complexity index is 1120. The van der Waals surface area contributed by atoms with Gasteiger partial charge in [0.25, 0.3) is 0 Å². The molecule has 0 bridgehead atoms. The number of amides is 1. The first-order valence-corrected chi connectivity index (χ1v) is 11.6. The summed E-state index contributed by atoms with van der Waals surface area (Å²) in [6.45, 7) is 2.54. The van der Waals surface area contributed by atoms with Crippen LogP contribution in [0.3, 0.4) is 0 Å². The molecule has 1 heterocycles. The molecule has 0 radical (unpaired) electrons. The van der Waals surface area contributed by atoms with Gasteiger partial charge in [0.15, 0.2) is 0 Å². The molecule has 0 spiro atoms. The van der Waals surface area contributed by atoms with Gasteiger partial charge < -0.3 is 20.8 Å². The number of nitrogens with one attached hydrogen (secondary N) is 3. The van der Waals surface area contributed by atoms with Gasteiger partial charge in [-0.15, -0.1) is 0 Å². The van der Waals surface area contributed by atoms with Gasteiger partial charge in [-0.1, -0.05) is 48.3 Å². The minimum Gasteiger partial charge on any atom is -0.497 e. The SMILES string of the molecule is COc1ccc(-c2cnc(NCC(=O)NCC(C)CC(=N)Cc3ccc(Cl)c(Cl)c3)nc2)cc1. The topological polar surface area (TPSA) is 100.0 Å².